The van der Waals surface area contributed by atoms with E-state index < -0.39 is 11.8 Å². The SMILES string of the molecule is CC1=NC(C)=C(C#N)C(c2cccc(C(=O)NCCC3CCNCC3)c2)C1C#N. The van der Waals surface area contributed by atoms with E-state index in [9.17, 15) is 15.3 Å². The van der Waals surface area contributed by atoms with Crippen molar-refractivity contribution in [3.8, 4) is 12.1 Å². The van der Waals surface area contributed by atoms with Crippen molar-refractivity contribution < 1.29 is 4.79 Å². The number of carbonyl (C=O) groups is 1. The monoisotopic (exact) mass is 389 g/mol. The van der Waals surface area contributed by atoms with E-state index in [1.54, 1.807) is 19.1 Å². The van der Waals surface area contributed by atoms with E-state index in [1.807, 2.05) is 19.1 Å². The van der Waals surface area contributed by atoms with Gasteiger partial charge in [-0.25, -0.2) is 0 Å². The summed E-state index contributed by atoms with van der Waals surface area (Å²) in [5.41, 5.74) is 3.18. The quantitative estimate of drug-likeness (QED) is 0.807. The van der Waals surface area contributed by atoms with Gasteiger partial charge in [-0.15, -0.1) is 0 Å². The standard InChI is InChI=1S/C23H27N5O/c1-15-20(13-24)22(21(14-25)16(2)28-15)18-4-3-5-19(12-18)23(29)27-11-8-17-6-9-26-10-7-17/h3-5,12,17,20,22,26H,6-11H2,1-2H3,(H,27,29). The van der Waals surface area contributed by atoms with Crippen LogP contribution in [0, 0.1) is 34.5 Å². The molecule has 1 saturated heterocycles. The van der Waals surface area contributed by atoms with Crippen LogP contribution in [0.5, 0.6) is 0 Å². The van der Waals surface area contributed by atoms with Gasteiger partial charge in [0.25, 0.3) is 5.91 Å². The molecule has 0 bridgehead atoms. The van der Waals surface area contributed by atoms with E-state index in [1.165, 1.54) is 0 Å². The van der Waals surface area contributed by atoms with Crippen LogP contribution in [0.1, 0.15) is 54.9 Å². The lowest BCUT2D eigenvalue weighted by Crippen LogP contribution is -2.31. The minimum absolute atomic E-state index is 0.116. The Morgan fingerprint density at radius 1 is 1.28 bits per heavy atom. The molecule has 6 nitrogen and oxygen atoms in total. The summed E-state index contributed by atoms with van der Waals surface area (Å²) in [6.45, 7) is 6.38. The summed E-state index contributed by atoms with van der Waals surface area (Å²) in [4.78, 5) is 17.0. The molecule has 0 aliphatic carbocycles. The Labute approximate surface area is 172 Å². The maximum absolute atomic E-state index is 12.7. The van der Waals surface area contributed by atoms with Gasteiger partial charge in [-0.2, -0.15) is 10.5 Å². The van der Waals surface area contributed by atoms with Crippen molar-refractivity contribution in [1.82, 2.24) is 10.6 Å². The number of piperidine rings is 1. The largest absolute Gasteiger partial charge is 0.352 e. The molecule has 29 heavy (non-hydrogen) atoms. The number of nitrogens with one attached hydrogen (secondary N) is 2. The third-order valence-electron chi connectivity index (χ3n) is 5.89. The van der Waals surface area contributed by atoms with E-state index >= 15 is 0 Å². The predicted molar refractivity (Wildman–Crippen MR) is 112 cm³/mol. The van der Waals surface area contributed by atoms with Gasteiger partial charge < -0.3 is 10.6 Å². The second-order valence-corrected chi connectivity index (χ2v) is 7.81. The van der Waals surface area contributed by atoms with Gasteiger partial charge in [-0.3, -0.25) is 9.79 Å². The Kier molecular flexibility index (Phi) is 6.80. The fraction of sp³-hybridized carbons (Fsp3) is 0.478. The van der Waals surface area contributed by atoms with Crippen LogP contribution in [0.3, 0.4) is 0 Å². The van der Waals surface area contributed by atoms with Gasteiger partial charge in [0.1, 0.15) is 0 Å². The molecular weight excluding hydrogens is 362 g/mol. The second-order valence-electron chi connectivity index (χ2n) is 7.81. The number of nitriles is 2. The Hall–Kier alpha value is -2.96. The molecule has 6 heteroatoms. The highest BCUT2D eigenvalue weighted by Gasteiger charge is 2.34. The zero-order valence-corrected chi connectivity index (χ0v) is 17.0. The minimum Gasteiger partial charge on any atom is -0.352 e. The molecule has 0 aromatic heterocycles. The van der Waals surface area contributed by atoms with Gasteiger partial charge in [0.15, 0.2) is 0 Å². The Morgan fingerprint density at radius 3 is 2.72 bits per heavy atom. The van der Waals surface area contributed by atoms with Crippen LogP contribution in [0.15, 0.2) is 40.5 Å². The summed E-state index contributed by atoms with van der Waals surface area (Å²) < 4.78 is 0. The first kappa shape index (κ1) is 20.8. The zero-order chi connectivity index (χ0) is 20.8. The molecule has 1 aromatic carbocycles. The molecule has 2 heterocycles. The molecule has 1 aromatic rings. The molecule has 0 spiro atoms. The maximum atomic E-state index is 12.7. The highest BCUT2D eigenvalue weighted by Crippen LogP contribution is 2.38. The molecule has 150 valence electrons. The van der Waals surface area contributed by atoms with Crippen molar-refractivity contribution in [3.63, 3.8) is 0 Å². The topological polar surface area (TPSA) is 101 Å². The lowest BCUT2D eigenvalue weighted by molar-refractivity contribution is 0.0950. The zero-order valence-electron chi connectivity index (χ0n) is 17.0. The van der Waals surface area contributed by atoms with Gasteiger partial charge >= 0.3 is 0 Å². The minimum atomic E-state index is -0.508. The van der Waals surface area contributed by atoms with Gasteiger partial charge in [0.2, 0.25) is 0 Å². The van der Waals surface area contributed by atoms with Crippen LogP contribution in [0.25, 0.3) is 0 Å². The maximum Gasteiger partial charge on any atom is 0.251 e. The molecule has 2 N–H and O–H groups in total. The number of nitrogens with zero attached hydrogens (tertiary/aromatic N) is 3. The van der Waals surface area contributed by atoms with Crippen LogP contribution in [0.4, 0.5) is 0 Å². The van der Waals surface area contributed by atoms with Crippen molar-refractivity contribution in [2.45, 2.75) is 39.0 Å². The fourth-order valence-electron chi connectivity index (χ4n) is 4.24. The van der Waals surface area contributed by atoms with E-state index in [-0.39, 0.29) is 5.91 Å². The summed E-state index contributed by atoms with van der Waals surface area (Å²) in [5.74, 6) is -0.360. The molecular formula is C23H27N5O. The van der Waals surface area contributed by atoms with E-state index in [2.05, 4.69) is 27.8 Å². The number of carbonyl (C=O) groups excluding carboxylic acids is 1. The van der Waals surface area contributed by atoms with Gasteiger partial charge in [0.05, 0.1) is 29.3 Å². The van der Waals surface area contributed by atoms with Gasteiger partial charge in [0, 0.05) is 23.7 Å². The van der Waals surface area contributed by atoms with E-state index in [0.29, 0.717) is 35.0 Å². The molecule has 2 aliphatic heterocycles. The van der Waals surface area contributed by atoms with Gasteiger partial charge in [-0.1, -0.05) is 12.1 Å². The third-order valence-corrected chi connectivity index (χ3v) is 5.89. The summed E-state index contributed by atoms with van der Waals surface area (Å²) in [7, 11) is 0. The average Bonchev–Trinajstić information content (AvgIpc) is 2.74. The van der Waals surface area contributed by atoms with Crippen LogP contribution in [-0.4, -0.2) is 31.3 Å². The summed E-state index contributed by atoms with van der Waals surface area (Å²) in [5, 5.41) is 25.7. The van der Waals surface area contributed by atoms with Crippen molar-refractivity contribution in [3.05, 3.63) is 46.7 Å². The third kappa shape index (κ3) is 4.72. The van der Waals surface area contributed by atoms with E-state index in [4.69, 9.17) is 0 Å². The fourth-order valence-corrected chi connectivity index (χ4v) is 4.24. The molecule has 1 fully saturated rings. The number of benzene rings is 1. The smallest absolute Gasteiger partial charge is 0.251 e. The first-order valence-corrected chi connectivity index (χ1v) is 10.2. The first-order chi connectivity index (χ1) is 14.0. The van der Waals surface area contributed by atoms with Crippen molar-refractivity contribution in [1.29, 1.82) is 10.5 Å². The van der Waals surface area contributed by atoms with E-state index in [0.717, 1.165) is 37.9 Å². The number of hydrogen-bond acceptors (Lipinski definition) is 5. The summed E-state index contributed by atoms with van der Waals surface area (Å²) in [6.07, 6.45) is 3.31. The Bertz CT molecular complexity index is 912. The molecule has 2 atom stereocenters. The van der Waals surface area contributed by atoms with Crippen molar-refractivity contribution in [2.75, 3.05) is 19.6 Å². The molecule has 3 rings (SSSR count). The molecule has 1 amide bonds. The lowest BCUT2D eigenvalue weighted by atomic mass is 9.76. The first-order valence-electron chi connectivity index (χ1n) is 10.2. The number of allylic oxidation sites excluding steroid dienone is 2. The van der Waals surface area contributed by atoms with Gasteiger partial charge in [-0.05, 0) is 69.8 Å². The predicted octanol–water partition coefficient (Wildman–Crippen LogP) is 3.30. The highest BCUT2D eigenvalue weighted by molar-refractivity contribution is 5.95. The lowest BCUT2D eigenvalue weighted by Gasteiger charge is -2.27. The highest BCUT2D eigenvalue weighted by atomic mass is 16.1. The normalized spacial score (nSPS) is 22.4. The Balaban J connectivity index is 1.74. The Morgan fingerprint density at radius 2 is 2.03 bits per heavy atom. The summed E-state index contributed by atoms with van der Waals surface area (Å²) >= 11 is 0. The summed E-state index contributed by atoms with van der Waals surface area (Å²) in [6, 6.07) is 11.8. The second kappa shape index (κ2) is 9.49. The van der Waals surface area contributed by atoms with Crippen LogP contribution >= 0.6 is 0 Å². The van der Waals surface area contributed by atoms with Crippen LogP contribution in [-0.2, 0) is 0 Å². The van der Waals surface area contributed by atoms with Crippen molar-refractivity contribution in [2.24, 2.45) is 16.8 Å². The van der Waals surface area contributed by atoms with Crippen molar-refractivity contribution >= 4 is 11.6 Å². The number of aliphatic imine (C=N–C) groups is 1. The molecule has 0 saturated carbocycles. The molecule has 2 aliphatic rings. The number of hydrogen-bond donors (Lipinski definition) is 2. The average molecular weight is 390 g/mol. The number of amides is 1. The number of rotatable bonds is 5. The van der Waals surface area contributed by atoms with Crippen LogP contribution in [0.2, 0.25) is 0 Å². The molecule has 2 unspecified atom stereocenters. The molecule has 0 radical (unpaired) electrons. The van der Waals surface area contributed by atoms with Crippen LogP contribution < -0.4 is 10.6 Å².